The van der Waals surface area contributed by atoms with E-state index in [0.29, 0.717) is 17.0 Å². The van der Waals surface area contributed by atoms with Crippen molar-refractivity contribution in [2.45, 2.75) is 19.9 Å². The van der Waals surface area contributed by atoms with Gasteiger partial charge < -0.3 is 24.8 Å². The Morgan fingerprint density at radius 1 is 0.882 bits per heavy atom. The first-order valence-electron chi connectivity index (χ1n) is 10.7. The molecule has 0 heterocycles. The molecule has 176 valence electrons. The summed E-state index contributed by atoms with van der Waals surface area (Å²) in [6, 6.07) is 20.7. The van der Waals surface area contributed by atoms with Gasteiger partial charge in [-0.1, -0.05) is 30.3 Å². The smallest absolute Gasteiger partial charge is 0.497 e. The largest absolute Gasteiger partial charge is 0.513 e. The van der Waals surface area contributed by atoms with Crippen molar-refractivity contribution in [2.24, 2.45) is 0 Å². The summed E-state index contributed by atoms with van der Waals surface area (Å²) in [6.45, 7) is 2.14. The van der Waals surface area contributed by atoms with Crippen LogP contribution >= 0.6 is 0 Å². The second-order valence-corrected chi connectivity index (χ2v) is 7.23. The molecule has 0 saturated carbocycles. The Kier molecular flexibility index (Phi) is 8.62. The monoisotopic (exact) mass is 462 g/mol. The van der Waals surface area contributed by atoms with E-state index in [1.807, 2.05) is 36.4 Å². The number of amides is 2. The van der Waals surface area contributed by atoms with Crippen LogP contribution in [0.2, 0.25) is 0 Å². The van der Waals surface area contributed by atoms with E-state index in [4.69, 9.17) is 14.2 Å². The van der Waals surface area contributed by atoms with Crippen LogP contribution in [0.1, 0.15) is 28.4 Å². The fourth-order valence-corrected chi connectivity index (χ4v) is 3.13. The quantitative estimate of drug-likeness (QED) is 0.362. The number of methoxy groups -OCH3 is 1. The molecule has 2 N–H and O–H groups in total. The lowest BCUT2D eigenvalue weighted by Gasteiger charge is -2.12. The minimum atomic E-state index is -0.804. The molecule has 0 radical (unpaired) electrons. The first kappa shape index (κ1) is 24.3. The Labute approximate surface area is 197 Å². The highest BCUT2D eigenvalue weighted by atomic mass is 16.7. The highest BCUT2D eigenvalue weighted by Crippen LogP contribution is 2.18. The van der Waals surface area contributed by atoms with Crippen LogP contribution in [0.5, 0.6) is 11.5 Å². The minimum Gasteiger partial charge on any atom is -0.497 e. The lowest BCUT2D eigenvalue weighted by molar-refractivity contribution is -0.120. The van der Waals surface area contributed by atoms with Gasteiger partial charge in [-0.05, 0) is 60.5 Å². The maximum absolute atomic E-state index is 12.7. The fourth-order valence-electron chi connectivity index (χ4n) is 3.13. The number of carbonyl (C=O) groups is 3. The molecule has 8 nitrogen and oxygen atoms in total. The van der Waals surface area contributed by atoms with Crippen LogP contribution in [-0.2, 0) is 22.5 Å². The molecule has 3 aromatic rings. The molecule has 2 amide bonds. The highest BCUT2D eigenvalue weighted by Gasteiger charge is 2.12. The van der Waals surface area contributed by atoms with Gasteiger partial charge in [0.15, 0.2) is 0 Å². The number of anilines is 1. The van der Waals surface area contributed by atoms with E-state index in [2.05, 4.69) is 10.6 Å². The van der Waals surface area contributed by atoms with Crippen molar-refractivity contribution in [1.29, 1.82) is 0 Å². The molecule has 8 heteroatoms. The average molecular weight is 463 g/mol. The van der Waals surface area contributed by atoms with Gasteiger partial charge in [0, 0.05) is 17.8 Å². The van der Waals surface area contributed by atoms with Gasteiger partial charge >= 0.3 is 6.16 Å². The van der Waals surface area contributed by atoms with Gasteiger partial charge in [0.25, 0.3) is 5.91 Å². The summed E-state index contributed by atoms with van der Waals surface area (Å²) in [6.07, 6.45) is -0.589. The van der Waals surface area contributed by atoms with Crippen molar-refractivity contribution in [1.82, 2.24) is 5.32 Å². The van der Waals surface area contributed by atoms with Crippen LogP contribution in [0, 0.1) is 0 Å². The maximum atomic E-state index is 12.7. The van der Waals surface area contributed by atoms with Crippen LogP contribution in [0.25, 0.3) is 0 Å². The Morgan fingerprint density at radius 3 is 2.38 bits per heavy atom. The number of carbonyl (C=O) groups excluding carboxylic acids is 3. The maximum Gasteiger partial charge on any atom is 0.513 e. The van der Waals surface area contributed by atoms with Gasteiger partial charge in [-0.25, -0.2) is 4.79 Å². The van der Waals surface area contributed by atoms with Crippen molar-refractivity contribution in [3.05, 3.63) is 89.5 Å². The zero-order chi connectivity index (χ0) is 24.3. The minimum absolute atomic E-state index is 0.147. The number of rotatable bonds is 9. The standard InChI is InChI=1S/C26H26N2O6/c1-3-33-26(31)34-21-13-11-19(12-14-21)25(30)28-23-10-5-4-8-20(23)17-27-24(29)16-18-7-6-9-22(15-18)32-2/h4-15H,3,16-17H2,1-2H3,(H,27,29)(H,28,30). The van der Waals surface area contributed by atoms with E-state index in [-0.39, 0.29) is 37.1 Å². The van der Waals surface area contributed by atoms with Crippen LogP contribution in [0.3, 0.4) is 0 Å². The second-order valence-electron chi connectivity index (χ2n) is 7.23. The van der Waals surface area contributed by atoms with E-state index in [9.17, 15) is 14.4 Å². The van der Waals surface area contributed by atoms with Gasteiger partial charge in [-0.2, -0.15) is 0 Å². The Bertz CT molecular complexity index is 1140. The molecule has 0 aliphatic heterocycles. The summed E-state index contributed by atoms with van der Waals surface area (Å²) in [4.78, 5) is 36.5. The van der Waals surface area contributed by atoms with Crippen LogP contribution in [-0.4, -0.2) is 31.7 Å². The zero-order valence-electron chi connectivity index (χ0n) is 19.0. The summed E-state index contributed by atoms with van der Waals surface area (Å²) in [5.74, 6) is 0.484. The third-order valence-electron chi connectivity index (χ3n) is 4.82. The van der Waals surface area contributed by atoms with Gasteiger partial charge in [0.05, 0.1) is 20.1 Å². The molecule has 0 spiro atoms. The third-order valence-corrected chi connectivity index (χ3v) is 4.82. The molecule has 0 aliphatic rings. The summed E-state index contributed by atoms with van der Waals surface area (Å²) < 4.78 is 14.9. The molecule has 34 heavy (non-hydrogen) atoms. The molecule has 3 rings (SSSR count). The fraction of sp³-hybridized carbons (Fsp3) is 0.192. The van der Waals surface area contributed by atoms with Crippen molar-refractivity contribution >= 4 is 23.7 Å². The number of hydrogen-bond donors (Lipinski definition) is 2. The van der Waals surface area contributed by atoms with Crippen LogP contribution < -0.4 is 20.1 Å². The number of para-hydroxylation sites is 1. The molecule has 3 aromatic carbocycles. The molecule has 0 unspecified atom stereocenters. The number of nitrogens with one attached hydrogen (secondary N) is 2. The summed E-state index contributed by atoms with van der Waals surface area (Å²) in [7, 11) is 1.58. The van der Waals surface area contributed by atoms with E-state index < -0.39 is 6.16 Å². The average Bonchev–Trinajstić information content (AvgIpc) is 2.84. The lowest BCUT2D eigenvalue weighted by atomic mass is 10.1. The van der Waals surface area contributed by atoms with Crippen LogP contribution in [0.4, 0.5) is 10.5 Å². The van der Waals surface area contributed by atoms with Gasteiger partial charge in [0.1, 0.15) is 11.5 Å². The van der Waals surface area contributed by atoms with Gasteiger partial charge in [0.2, 0.25) is 5.91 Å². The highest BCUT2D eigenvalue weighted by molar-refractivity contribution is 6.04. The van der Waals surface area contributed by atoms with E-state index >= 15 is 0 Å². The topological polar surface area (TPSA) is 103 Å². The molecule has 0 fully saturated rings. The van der Waals surface area contributed by atoms with E-state index in [1.54, 1.807) is 38.3 Å². The Morgan fingerprint density at radius 2 is 1.65 bits per heavy atom. The lowest BCUT2D eigenvalue weighted by Crippen LogP contribution is -2.25. The molecule has 0 bridgehead atoms. The summed E-state index contributed by atoms with van der Waals surface area (Å²) in [5.41, 5.74) is 2.57. The number of hydrogen-bond acceptors (Lipinski definition) is 6. The SMILES string of the molecule is CCOC(=O)Oc1ccc(C(=O)Nc2ccccc2CNC(=O)Cc2cccc(OC)c2)cc1. The van der Waals surface area contributed by atoms with Crippen LogP contribution in [0.15, 0.2) is 72.8 Å². The predicted molar refractivity (Wildman–Crippen MR) is 127 cm³/mol. The van der Waals surface area contributed by atoms with E-state index in [1.165, 1.54) is 12.1 Å². The Balaban J connectivity index is 1.58. The normalized spacial score (nSPS) is 10.2. The molecule has 0 atom stereocenters. The van der Waals surface area contributed by atoms with Gasteiger partial charge in [-0.3, -0.25) is 9.59 Å². The second kappa shape index (κ2) is 12.1. The van der Waals surface area contributed by atoms with Crippen molar-refractivity contribution in [3.8, 4) is 11.5 Å². The van der Waals surface area contributed by atoms with E-state index in [0.717, 1.165) is 11.1 Å². The van der Waals surface area contributed by atoms with Gasteiger partial charge in [-0.15, -0.1) is 0 Å². The molecule has 0 aromatic heterocycles. The zero-order valence-corrected chi connectivity index (χ0v) is 19.0. The first-order valence-corrected chi connectivity index (χ1v) is 10.7. The number of ether oxygens (including phenoxy) is 3. The Hall–Kier alpha value is -4.33. The third kappa shape index (κ3) is 7.09. The molecule has 0 aliphatic carbocycles. The van der Waals surface area contributed by atoms with Crippen molar-refractivity contribution < 1.29 is 28.6 Å². The summed E-state index contributed by atoms with van der Waals surface area (Å²) >= 11 is 0. The van der Waals surface area contributed by atoms with Crippen molar-refractivity contribution in [2.75, 3.05) is 19.0 Å². The molecule has 0 saturated heterocycles. The predicted octanol–water partition coefficient (Wildman–Crippen LogP) is 4.34. The first-order chi connectivity index (χ1) is 16.5. The van der Waals surface area contributed by atoms with Crippen molar-refractivity contribution in [3.63, 3.8) is 0 Å². The molecular formula is C26H26N2O6. The summed E-state index contributed by atoms with van der Waals surface area (Å²) in [5, 5.41) is 5.74. The molecular weight excluding hydrogens is 436 g/mol. The number of benzene rings is 3.